The topological polar surface area (TPSA) is 23.6 Å². The number of carbonyl (C=O) groups excluding carboxylic acids is 1. The van der Waals surface area contributed by atoms with Crippen molar-refractivity contribution in [2.75, 3.05) is 27.2 Å². The summed E-state index contributed by atoms with van der Waals surface area (Å²) < 4.78 is 0. The number of hydrogen-bond acceptors (Lipinski definition) is 2. The van der Waals surface area contributed by atoms with Crippen LogP contribution in [0.3, 0.4) is 0 Å². The van der Waals surface area contributed by atoms with Gasteiger partial charge in [-0.05, 0) is 20.3 Å². The molecule has 1 amide bonds. The van der Waals surface area contributed by atoms with Gasteiger partial charge in [-0.15, -0.1) is 0 Å². The van der Waals surface area contributed by atoms with Gasteiger partial charge in [0.2, 0.25) is 5.91 Å². The first-order valence-electron chi connectivity index (χ1n) is 4.39. The number of rotatable bonds is 2. The SMILES string of the molecule is CN(C)C(=O)CN1CCC1(C)C. The number of hydrogen-bond donors (Lipinski definition) is 0. The van der Waals surface area contributed by atoms with Crippen LogP contribution in [-0.2, 0) is 4.79 Å². The van der Waals surface area contributed by atoms with E-state index in [1.54, 1.807) is 19.0 Å². The highest BCUT2D eigenvalue weighted by molar-refractivity contribution is 5.77. The fourth-order valence-corrected chi connectivity index (χ4v) is 1.31. The molecule has 0 atom stereocenters. The number of likely N-dealkylation sites (tertiary alicyclic amines) is 1. The van der Waals surface area contributed by atoms with E-state index in [4.69, 9.17) is 0 Å². The van der Waals surface area contributed by atoms with E-state index in [-0.39, 0.29) is 11.4 Å². The van der Waals surface area contributed by atoms with Crippen LogP contribution in [0.5, 0.6) is 0 Å². The molecule has 0 N–H and O–H groups in total. The summed E-state index contributed by atoms with van der Waals surface area (Å²) in [7, 11) is 3.60. The summed E-state index contributed by atoms with van der Waals surface area (Å²) in [6.07, 6.45) is 1.20. The minimum Gasteiger partial charge on any atom is -0.348 e. The number of likely N-dealkylation sites (N-methyl/N-ethyl adjacent to an activating group) is 1. The fourth-order valence-electron chi connectivity index (χ4n) is 1.31. The van der Waals surface area contributed by atoms with Crippen molar-refractivity contribution < 1.29 is 4.79 Å². The second kappa shape index (κ2) is 3.05. The summed E-state index contributed by atoms with van der Waals surface area (Å²) in [5.41, 5.74) is 0.242. The standard InChI is InChI=1S/C9H18N2O/c1-9(2)5-6-11(9)7-8(12)10(3)4/h5-7H2,1-4H3. The molecule has 12 heavy (non-hydrogen) atoms. The van der Waals surface area contributed by atoms with Gasteiger partial charge in [-0.1, -0.05) is 0 Å². The predicted octanol–water partition coefficient (Wildman–Crippen LogP) is 0.559. The van der Waals surface area contributed by atoms with Gasteiger partial charge in [0.1, 0.15) is 0 Å². The lowest BCUT2D eigenvalue weighted by atomic mass is 9.89. The van der Waals surface area contributed by atoms with Crippen LogP contribution in [0, 0.1) is 0 Å². The highest BCUT2D eigenvalue weighted by Crippen LogP contribution is 2.28. The third-order valence-electron chi connectivity index (χ3n) is 2.67. The molecule has 0 aromatic heterocycles. The van der Waals surface area contributed by atoms with E-state index >= 15 is 0 Å². The Hall–Kier alpha value is -0.570. The summed E-state index contributed by atoms with van der Waals surface area (Å²) in [5.74, 6) is 0.197. The van der Waals surface area contributed by atoms with Crippen LogP contribution in [0.2, 0.25) is 0 Å². The molecule has 0 aromatic rings. The van der Waals surface area contributed by atoms with Gasteiger partial charge in [0.05, 0.1) is 6.54 Å². The molecule has 1 heterocycles. The smallest absolute Gasteiger partial charge is 0.236 e. The molecule has 0 saturated carbocycles. The first kappa shape index (κ1) is 9.52. The molecule has 0 aliphatic carbocycles. The number of amides is 1. The van der Waals surface area contributed by atoms with Crippen molar-refractivity contribution in [3.8, 4) is 0 Å². The Kier molecular flexibility index (Phi) is 2.42. The second-order valence-corrected chi connectivity index (χ2v) is 4.27. The minimum atomic E-state index is 0.197. The molecule has 0 spiro atoms. The van der Waals surface area contributed by atoms with Crippen molar-refractivity contribution in [3.05, 3.63) is 0 Å². The van der Waals surface area contributed by atoms with Gasteiger partial charge in [-0.25, -0.2) is 0 Å². The van der Waals surface area contributed by atoms with Crippen LogP contribution in [-0.4, -0.2) is 48.4 Å². The molecule has 0 unspecified atom stereocenters. The molecule has 1 rings (SSSR count). The van der Waals surface area contributed by atoms with Crippen molar-refractivity contribution in [2.45, 2.75) is 25.8 Å². The molecule has 3 nitrogen and oxygen atoms in total. The van der Waals surface area contributed by atoms with E-state index < -0.39 is 0 Å². The molecule has 1 fully saturated rings. The van der Waals surface area contributed by atoms with Gasteiger partial charge in [0.15, 0.2) is 0 Å². The molecule has 3 heteroatoms. The Morgan fingerprint density at radius 1 is 1.50 bits per heavy atom. The van der Waals surface area contributed by atoms with Gasteiger partial charge in [-0.3, -0.25) is 9.69 Å². The van der Waals surface area contributed by atoms with Crippen LogP contribution in [0.15, 0.2) is 0 Å². The van der Waals surface area contributed by atoms with Crippen LogP contribution < -0.4 is 0 Å². The second-order valence-electron chi connectivity index (χ2n) is 4.27. The Bertz CT molecular complexity index is 187. The molecule has 0 bridgehead atoms. The first-order chi connectivity index (χ1) is 5.43. The number of carbonyl (C=O) groups is 1. The van der Waals surface area contributed by atoms with E-state index in [1.165, 1.54) is 6.42 Å². The molecular formula is C9H18N2O. The van der Waals surface area contributed by atoms with Crippen molar-refractivity contribution in [3.63, 3.8) is 0 Å². The highest BCUT2D eigenvalue weighted by atomic mass is 16.2. The molecule has 0 aromatic carbocycles. The van der Waals surface area contributed by atoms with Gasteiger partial charge in [0, 0.05) is 26.2 Å². The first-order valence-corrected chi connectivity index (χ1v) is 4.39. The molecule has 0 radical (unpaired) electrons. The lowest BCUT2D eigenvalue weighted by Gasteiger charge is -2.48. The van der Waals surface area contributed by atoms with E-state index in [1.807, 2.05) is 0 Å². The van der Waals surface area contributed by atoms with E-state index in [9.17, 15) is 4.79 Å². The summed E-state index contributed by atoms with van der Waals surface area (Å²) in [5, 5.41) is 0. The van der Waals surface area contributed by atoms with Crippen molar-refractivity contribution in [2.24, 2.45) is 0 Å². The van der Waals surface area contributed by atoms with Crippen molar-refractivity contribution in [1.82, 2.24) is 9.80 Å². The zero-order chi connectivity index (χ0) is 9.35. The van der Waals surface area contributed by atoms with Crippen LogP contribution >= 0.6 is 0 Å². The maximum absolute atomic E-state index is 11.3. The minimum absolute atomic E-state index is 0.197. The van der Waals surface area contributed by atoms with Crippen LogP contribution in [0.25, 0.3) is 0 Å². The van der Waals surface area contributed by atoms with Gasteiger partial charge in [0.25, 0.3) is 0 Å². The Morgan fingerprint density at radius 3 is 2.33 bits per heavy atom. The zero-order valence-corrected chi connectivity index (χ0v) is 8.42. The number of nitrogens with zero attached hydrogens (tertiary/aromatic N) is 2. The Morgan fingerprint density at radius 2 is 2.08 bits per heavy atom. The molecule has 1 aliphatic heterocycles. The summed E-state index contributed by atoms with van der Waals surface area (Å²) in [4.78, 5) is 15.2. The average Bonchev–Trinajstić information content (AvgIpc) is 1.97. The van der Waals surface area contributed by atoms with E-state index in [0.717, 1.165) is 6.54 Å². The fraction of sp³-hybridized carbons (Fsp3) is 0.889. The van der Waals surface area contributed by atoms with Crippen LogP contribution in [0.1, 0.15) is 20.3 Å². The maximum atomic E-state index is 11.3. The highest BCUT2D eigenvalue weighted by Gasteiger charge is 2.36. The lowest BCUT2D eigenvalue weighted by molar-refractivity contribution is -0.134. The van der Waals surface area contributed by atoms with Gasteiger partial charge >= 0.3 is 0 Å². The Labute approximate surface area is 74.3 Å². The lowest BCUT2D eigenvalue weighted by Crippen LogP contribution is -2.58. The predicted molar refractivity (Wildman–Crippen MR) is 49.0 cm³/mol. The summed E-state index contributed by atoms with van der Waals surface area (Å²) in [6.45, 7) is 5.99. The summed E-state index contributed by atoms with van der Waals surface area (Å²) >= 11 is 0. The van der Waals surface area contributed by atoms with Crippen molar-refractivity contribution in [1.29, 1.82) is 0 Å². The zero-order valence-electron chi connectivity index (χ0n) is 8.42. The maximum Gasteiger partial charge on any atom is 0.236 e. The van der Waals surface area contributed by atoms with Gasteiger partial charge < -0.3 is 4.90 Å². The Balaban J connectivity index is 2.38. The third kappa shape index (κ3) is 1.78. The third-order valence-corrected chi connectivity index (χ3v) is 2.67. The normalized spacial score (nSPS) is 21.7. The van der Waals surface area contributed by atoms with E-state index in [2.05, 4.69) is 18.7 Å². The summed E-state index contributed by atoms with van der Waals surface area (Å²) in [6, 6.07) is 0. The largest absolute Gasteiger partial charge is 0.348 e. The quantitative estimate of drug-likeness (QED) is 0.604. The average molecular weight is 170 g/mol. The molecular weight excluding hydrogens is 152 g/mol. The molecule has 1 saturated heterocycles. The molecule has 70 valence electrons. The van der Waals surface area contributed by atoms with Crippen molar-refractivity contribution >= 4 is 5.91 Å². The monoisotopic (exact) mass is 170 g/mol. The molecule has 1 aliphatic rings. The van der Waals surface area contributed by atoms with Crippen LogP contribution in [0.4, 0.5) is 0 Å². The van der Waals surface area contributed by atoms with Gasteiger partial charge in [-0.2, -0.15) is 0 Å². The van der Waals surface area contributed by atoms with E-state index in [0.29, 0.717) is 6.54 Å².